The minimum atomic E-state index is -0.410. The lowest BCUT2D eigenvalue weighted by Crippen LogP contribution is -2.40. The minimum Gasteiger partial charge on any atom is -0.497 e. The number of carbonyl (C=O) groups is 3. The van der Waals surface area contributed by atoms with Crippen LogP contribution in [0.3, 0.4) is 0 Å². The molecular weight excluding hydrogens is 554 g/mol. The lowest BCUT2D eigenvalue weighted by atomic mass is 9.88. The van der Waals surface area contributed by atoms with Gasteiger partial charge in [0.15, 0.2) is 0 Å². The van der Waals surface area contributed by atoms with E-state index in [9.17, 15) is 14.4 Å². The highest BCUT2D eigenvalue weighted by Crippen LogP contribution is 2.40. The number of nitrogens with zero attached hydrogens (tertiary/aromatic N) is 3. The van der Waals surface area contributed by atoms with Crippen molar-refractivity contribution in [1.29, 1.82) is 0 Å². The van der Waals surface area contributed by atoms with Crippen molar-refractivity contribution in [3.8, 4) is 5.75 Å². The lowest BCUT2D eigenvalue weighted by Gasteiger charge is -2.27. The van der Waals surface area contributed by atoms with Crippen LogP contribution < -0.4 is 14.6 Å². The molecule has 0 aliphatic carbocycles. The summed E-state index contributed by atoms with van der Waals surface area (Å²) in [6, 6.07) is 33.1. The minimum absolute atomic E-state index is 0.150. The van der Waals surface area contributed by atoms with Gasteiger partial charge >= 0.3 is 5.97 Å². The number of benzene rings is 5. The molecule has 44 heavy (non-hydrogen) atoms. The van der Waals surface area contributed by atoms with E-state index in [2.05, 4.69) is 0 Å². The van der Waals surface area contributed by atoms with Gasteiger partial charge < -0.3 is 9.47 Å². The van der Waals surface area contributed by atoms with Crippen molar-refractivity contribution >= 4 is 45.6 Å². The van der Waals surface area contributed by atoms with E-state index < -0.39 is 5.97 Å². The molecule has 0 radical (unpaired) electrons. The van der Waals surface area contributed by atoms with Crippen LogP contribution >= 0.6 is 0 Å². The van der Waals surface area contributed by atoms with Crippen LogP contribution in [0.25, 0.3) is 10.8 Å². The van der Waals surface area contributed by atoms with Gasteiger partial charge in [0.05, 0.1) is 42.9 Å². The normalized spacial score (nSPS) is 15.9. The monoisotopic (exact) mass is 581 g/mol. The molecule has 5 aromatic rings. The Morgan fingerprint density at radius 2 is 1.41 bits per heavy atom. The van der Waals surface area contributed by atoms with Gasteiger partial charge in [-0.05, 0) is 71.6 Å². The molecule has 8 nitrogen and oxygen atoms in total. The number of amides is 2. The Kier molecular flexibility index (Phi) is 6.66. The second-order valence-electron chi connectivity index (χ2n) is 10.6. The smallest absolute Gasteiger partial charge is 0.337 e. The second-order valence-corrected chi connectivity index (χ2v) is 10.6. The molecule has 0 saturated heterocycles. The molecule has 5 aromatic carbocycles. The largest absolute Gasteiger partial charge is 0.497 e. The molecule has 216 valence electrons. The number of para-hydroxylation sites is 1. The first-order chi connectivity index (χ1) is 21.5. The zero-order valence-electron chi connectivity index (χ0n) is 24.1. The number of anilines is 2. The lowest BCUT2D eigenvalue weighted by molar-refractivity contribution is 0.0600. The molecule has 0 bridgehead atoms. The summed E-state index contributed by atoms with van der Waals surface area (Å²) in [6.45, 7) is 0. The average molecular weight is 582 g/mol. The van der Waals surface area contributed by atoms with Gasteiger partial charge in [-0.3, -0.25) is 14.6 Å². The molecule has 0 aromatic heterocycles. The Balaban J connectivity index is 1.33. The van der Waals surface area contributed by atoms with Crippen molar-refractivity contribution in [2.45, 2.75) is 12.5 Å². The molecule has 0 N–H and O–H groups in total. The van der Waals surface area contributed by atoms with E-state index in [0.717, 1.165) is 33.7 Å². The predicted octanol–water partition coefficient (Wildman–Crippen LogP) is 6.79. The third kappa shape index (κ3) is 4.39. The van der Waals surface area contributed by atoms with Gasteiger partial charge in [0.2, 0.25) is 0 Å². The van der Waals surface area contributed by atoms with Crippen LogP contribution in [0.4, 0.5) is 11.4 Å². The first-order valence-corrected chi connectivity index (χ1v) is 14.2. The Bertz CT molecular complexity index is 1950. The van der Waals surface area contributed by atoms with E-state index in [1.54, 1.807) is 55.6 Å². The van der Waals surface area contributed by atoms with Crippen LogP contribution in [-0.4, -0.2) is 37.7 Å². The summed E-state index contributed by atoms with van der Waals surface area (Å²) in [4.78, 5) is 40.7. The Morgan fingerprint density at radius 3 is 2.09 bits per heavy atom. The summed E-state index contributed by atoms with van der Waals surface area (Å²) < 4.78 is 10.2. The van der Waals surface area contributed by atoms with E-state index in [-0.39, 0.29) is 17.9 Å². The fourth-order valence-electron chi connectivity index (χ4n) is 6.02. The Hall–Kier alpha value is -5.76. The third-order valence-electron chi connectivity index (χ3n) is 8.20. The SMILES string of the molecule is COC(=O)c1ccc(N2N=C(c3ccc4c5c(cccc35)C(=O)N(c3ccccc3)C4=O)CC2c2ccc(OC)cc2)cc1. The number of hydrogen-bond acceptors (Lipinski definition) is 7. The molecular formula is C36H27N3O5. The van der Waals surface area contributed by atoms with Crippen LogP contribution in [0.15, 0.2) is 114 Å². The van der Waals surface area contributed by atoms with Crippen molar-refractivity contribution in [2.75, 3.05) is 24.1 Å². The molecule has 0 saturated carbocycles. The van der Waals surface area contributed by atoms with E-state index >= 15 is 0 Å². The summed E-state index contributed by atoms with van der Waals surface area (Å²) in [6.07, 6.45) is 0.571. The number of hydrazone groups is 1. The zero-order chi connectivity index (χ0) is 30.4. The van der Waals surface area contributed by atoms with E-state index in [1.165, 1.54) is 12.0 Å². The first kappa shape index (κ1) is 27.1. The van der Waals surface area contributed by atoms with Gasteiger partial charge in [-0.1, -0.05) is 48.5 Å². The summed E-state index contributed by atoms with van der Waals surface area (Å²) >= 11 is 0. The van der Waals surface area contributed by atoms with Crippen LogP contribution in [0.1, 0.15) is 54.7 Å². The molecule has 1 unspecified atom stereocenters. The Morgan fingerprint density at radius 1 is 0.727 bits per heavy atom. The van der Waals surface area contributed by atoms with E-state index in [4.69, 9.17) is 14.6 Å². The number of imide groups is 1. The van der Waals surface area contributed by atoms with E-state index in [0.29, 0.717) is 34.2 Å². The number of methoxy groups -OCH3 is 2. The van der Waals surface area contributed by atoms with E-state index in [1.807, 2.05) is 65.7 Å². The molecule has 1 atom stereocenters. The van der Waals surface area contributed by atoms with Crippen LogP contribution in [0, 0.1) is 0 Å². The van der Waals surface area contributed by atoms with Crippen molar-refractivity contribution in [3.63, 3.8) is 0 Å². The molecule has 2 aliphatic rings. The fraction of sp³-hybridized carbons (Fsp3) is 0.111. The van der Waals surface area contributed by atoms with Gasteiger partial charge in [0.25, 0.3) is 11.8 Å². The van der Waals surface area contributed by atoms with Crippen LogP contribution in [-0.2, 0) is 4.74 Å². The van der Waals surface area contributed by atoms with Gasteiger partial charge in [0.1, 0.15) is 5.75 Å². The summed E-state index contributed by atoms with van der Waals surface area (Å²) in [5.74, 6) is -0.363. The van der Waals surface area contributed by atoms with Crippen molar-refractivity contribution in [3.05, 3.63) is 137 Å². The molecule has 0 spiro atoms. The standard InChI is InChI=1S/C36H27N3O5/c1-43-26-17-13-22(14-18-26)32-21-31(37-39(32)25-15-11-23(12-16-25)36(42)44-2)27-19-20-30-33-28(27)9-6-10-29(33)34(40)38(35(30)41)24-7-4-3-5-8-24/h3-20,32H,21H2,1-2H3. The summed E-state index contributed by atoms with van der Waals surface area (Å²) in [5, 5.41) is 8.48. The summed E-state index contributed by atoms with van der Waals surface area (Å²) in [5.41, 5.74) is 5.44. The molecule has 8 heteroatoms. The van der Waals surface area contributed by atoms with Gasteiger partial charge in [-0.25, -0.2) is 9.69 Å². The second kappa shape index (κ2) is 10.8. The van der Waals surface area contributed by atoms with Crippen molar-refractivity contribution in [2.24, 2.45) is 5.10 Å². The van der Waals surface area contributed by atoms with Crippen molar-refractivity contribution in [1.82, 2.24) is 0 Å². The molecule has 2 aliphatic heterocycles. The topological polar surface area (TPSA) is 88.5 Å². The Labute approximate surface area is 253 Å². The number of hydrogen-bond donors (Lipinski definition) is 0. The van der Waals surface area contributed by atoms with Crippen molar-refractivity contribution < 1.29 is 23.9 Å². The highest BCUT2D eigenvalue weighted by Gasteiger charge is 2.36. The maximum absolute atomic E-state index is 13.7. The summed E-state index contributed by atoms with van der Waals surface area (Å²) in [7, 11) is 2.99. The molecule has 7 rings (SSSR count). The number of esters is 1. The van der Waals surface area contributed by atoms with Crippen LogP contribution in [0.5, 0.6) is 5.75 Å². The van der Waals surface area contributed by atoms with Gasteiger partial charge in [-0.15, -0.1) is 0 Å². The maximum atomic E-state index is 13.7. The highest BCUT2D eigenvalue weighted by molar-refractivity contribution is 6.36. The predicted molar refractivity (Wildman–Crippen MR) is 169 cm³/mol. The van der Waals surface area contributed by atoms with Crippen LogP contribution in [0.2, 0.25) is 0 Å². The number of carbonyl (C=O) groups excluding carboxylic acids is 3. The fourth-order valence-corrected chi connectivity index (χ4v) is 6.02. The molecule has 2 heterocycles. The molecule has 0 fully saturated rings. The first-order valence-electron chi connectivity index (χ1n) is 14.2. The van der Waals surface area contributed by atoms with Gasteiger partial charge in [-0.2, -0.15) is 5.10 Å². The quantitative estimate of drug-likeness (QED) is 0.162. The average Bonchev–Trinajstić information content (AvgIpc) is 3.52. The number of ether oxygens (including phenoxy) is 2. The third-order valence-corrected chi connectivity index (χ3v) is 8.20. The zero-order valence-corrected chi connectivity index (χ0v) is 24.1. The number of rotatable bonds is 6. The highest BCUT2D eigenvalue weighted by atomic mass is 16.5. The maximum Gasteiger partial charge on any atom is 0.337 e. The molecule has 2 amide bonds. The van der Waals surface area contributed by atoms with Gasteiger partial charge in [0, 0.05) is 28.5 Å².